The van der Waals surface area contributed by atoms with Gasteiger partial charge in [-0.1, -0.05) is 24.3 Å². The van der Waals surface area contributed by atoms with Gasteiger partial charge in [-0.3, -0.25) is 9.59 Å². The fraction of sp³-hybridized carbons (Fsp3) is 0.348. The first kappa shape index (κ1) is 22.3. The lowest BCUT2D eigenvalue weighted by Gasteiger charge is -2.26. The lowest BCUT2D eigenvalue weighted by molar-refractivity contribution is -0.123. The molecule has 3 rings (SSSR count). The molecule has 2 aromatic rings. The Bertz CT molecular complexity index is 959. The molecular weight excluding hydrogens is 397 g/mol. The highest BCUT2D eigenvalue weighted by Crippen LogP contribution is 2.11. The van der Waals surface area contributed by atoms with Crippen LogP contribution in [0.4, 0.5) is 4.39 Å². The zero-order chi connectivity index (χ0) is 22.2. The first-order valence-corrected chi connectivity index (χ1v) is 10.4. The summed E-state index contributed by atoms with van der Waals surface area (Å²) in [6.45, 7) is 6.51. The SMILES string of the molecule is CCNC(=NCc1ccc(F)c(C)c1)NCc1ccc(C(=O)N2CCNC(=O)C2)cc1. The molecular formula is C23H28FN5O2. The Kier molecular flexibility index (Phi) is 7.59. The first-order valence-electron chi connectivity index (χ1n) is 10.4. The fourth-order valence-electron chi connectivity index (χ4n) is 3.26. The second-order valence-electron chi connectivity index (χ2n) is 7.41. The minimum Gasteiger partial charge on any atom is -0.357 e. The number of carbonyl (C=O) groups is 2. The third-order valence-corrected chi connectivity index (χ3v) is 4.97. The van der Waals surface area contributed by atoms with Gasteiger partial charge in [-0.2, -0.15) is 0 Å². The average Bonchev–Trinajstić information content (AvgIpc) is 2.78. The van der Waals surface area contributed by atoms with Gasteiger partial charge in [0.2, 0.25) is 5.91 Å². The Morgan fingerprint density at radius 1 is 1.16 bits per heavy atom. The smallest absolute Gasteiger partial charge is 0.254 e. The van der Waals surface area contributed by atoms with E-state index >= 15 is 0 Å². The molecule has 164 valence electrons. The van der Waals surface area contributed by atoms with Gasteiger partial charge in [0, 0.05) is 31.7 Å². The summed E-state index contributed by atoms with van der Waals surface area (Å²) < 4.78 is 13.4. The summed E-state index contributed by atoms with van der Waals surface area (Å²) in [6, 6.07) is 12.3. The molecule has 0 aromatic heterocycles. The van der Waals surface area contributed by atoms with E-state index in [0.29, 0.717) is 49.8 Å². The minimum atomic E-state index is -0.219. The van der Waals surface area contributed by atoms with Crippen molar-refractivity contribution in [3.63, 3.8) is 0 Å². The highest BCUT2D eigenvalue weighted by molar-refractivity contribution is 5.97. The zero-order valence-corrected chi connectivity index (χ0v) is 17.9. The molecule has 1 aliphatic rings. The summed E-state index contributed by atoms with van der Waals surface area (Å²) in [5.74, 6) is 0.164. The van der Waals surface area contributed by atoms with Crippen LogP contribution in [0.5, 0.6) is 0 Å². The standard InChI is InChI=1S/C23H28FN5O2/c1-3-25-23(28-14-18-6-9-20(24)16(2)12-18)27-13-17-4-7-19(8-5-17)22(31)29-11-10-26-21(30)15-29/h4-9,12H,3,10-11,13-15H2,1-2H3,(H,26,30)(H2,25,27,28). The number of nitrogens with one attached hydrogen (secondary N) is 3. The molecule has 0 aliphatic carbocycles. The predicted octanol–water partition coefficient (Wildman–Crippen LogP) is 1.96. The fourth-order valence-corrected chi connectivity index (χ4v) is 3.26. The number of aryl methyl sites for hydroxylation is 1. The monoisotopic (exact) mass is 425 g/mol. The number of hydrogen-bond acceptors (Lipinski definition) is 3. The first-order chi connectivity index (χ1) is 15.0. The van der Waals surface area contributed by atoms with Crippen molar-refractivity contribution in [3.05, 3.63) is 70.5 Å². The van der Waals surface area contributed by atoms with Gasteiger partial charge in [-0.25, -0.2) is 9.38 Å². The van der Waals surface area contributed by atoms with Gasteiger partial charge in [0.1, 0.15) is 5.82 Å². The van der Waals surface area contributed by atoms with Gasteiger partial charge in [0.05, 0.1) is 13.1 Å². The highest BCUT2D eigenvalue weighted by atomic mass is 19.1. The maximum absolute atomic E-state index is 13.4. The number of rotatable bonds is 6. The topological polar surface area (TPSA) is 85.8 Å². The zero-order valence-electron chi connectivity index (χ0n) is 17.9. The van der Waals surface area contributed by atoms with E-state index in [4.69, 9.17) is 0 Å². The quantitative estimate of drug-likeness (QED) is 0.488. The molecule has 1 heterocycles. The lowest BCUT2D eigenvalue weighted by atomic mass is 10.1. The number of piperazine rings is 1. The minimum absolute atomic E-state index is 0.0955. The summed E-state index contributed by atoms with van der Waals surface area (Å²) in [5, 5.41) is 9.18. The molecule has 1 aliphatic heterocycles. The summed E-state index contributed by atoms with van der Waals surface area (Å²) in [5.41, 5.74) is 3.10. The number of amides is 2. The van der Waals surface area contributed by atoms with Gasteiger partial charge in [-0.05, 0) is 48.7 Å². The van der Waals surface area contributed by atoms with Crippen molar-refractivity contribution < 1.29 is 14.0 Å². The van der Waals surface area contributed by atoms with Crippen molar-refractivity contribution in [2.24, 2.45) is 4.99 Å². The van der Waals surface area contributed by atoms with Crippen molar-refractivity contribution >= 4 is 17.8 Å². The molecule has 0 radical (unpaired) electrons. The number of aliphatic imine (C=N–C) groups is 1. The molecule has 0 bridgehead atoms. The van der Waals surface area contributed by atoms with E-state index < -0.39 is 0 Å². The normalized spacial score (nSPS) is 14.2. The van der Waals surface area contributed by atoms with Gasteiger partial charge >= 0.3 is 0 Å². The van der Waals surface area contributed by atoms with Gasteiger partial charge in [0.15, 0.2) is 5.96 Å². The van der Waals surface area contributed by atoms with Crippen LogP contribution in [0, 0.1) is 12.7 Å². The summed E-state index contributed by atoms with van der Waals surface area (Å²) in [6.07, 6.45) is 0. The lowest BCUT2D eigenvalue weighted by Crippen LogP contribution is -2.49. The molecule has 2 amide bonds. The Hall–Kier alpha value is -3.42. The van der Waals surface area contributed by atoms with Crippen LogP contribution < -0.4 is 16.0 Å². The maximum Gasteiger partial charge on any atom is 0.254 e. The predicted molar refractivity (Wildman–Crippen MR) is 118 cm³/mol. The molecule has 0 atom stereocenters. The molecule has 0 spiro atoms. The summed E-state index contributed by atoms with van der Waals surface area (Å²) >= 11 is 0. The molecule has 7 nitrogen and oxygen atoms in total. The van der Waals surface area contributed by atoms with E-state index in [1.54, 1.807) is 36.1 Å². The molecule has 31 heavy (non-hydrogen) atoms. The Morgan fingerprint density at radius 3 is 2.58 bits per heavy atom. The van der Waals surface area contributed by atoms with Crippen LogP contribution in [0.15, 0.2) is 47.5 Å². The average molecular weight is 426 g/mol. The van der Waals surface area contributed by atoms with E-state index in [0.717, 1.165) is 11.1 Å². The van der Waals surface area contributed by atoms with Crippen molar-refractivity contribution in [1.82, 2.24) is 20.9 Å². The van der Waals surface area contributed by atoms with Gasteiger partial charge in [-0.15, -0.1) is 0 Å². The second-order valence-corrected chi connectivity index (χ2v) is 7.41. The van der Waals surface area contributed by atoms with Crippen molar-refractivity contribution in [2.45, 2.75) is 26.9 Å². The highest BCUT2D eigenvalue weighted by Gasteiger charge is 2.22. The third-order valence-electron chi connectivity index (χ3n) is 4.97. The Balaban J connectivity index is 1.58. The van der Waals surface area contributed by atoms with Crippen LogP contribution in [0.3, 0.4) is 0 Å². The molecule has 1 fully saturated rings. The molecule has 3 N–H and O–H groups in total. The molecule has 0 unspecified atom stereocenters. The van der Waals surface area contributed by atoms with Gasteiger partial charge < -0.3 is 20.9 Å². The Morgan fingerprint density at radius 2 is 1.90 bits per heavy atom. The Labute approximate surface area is 181 Å². The number of nitrogens with zero attached hydrogens (tertiary/aromatic N) is 2. The van der Waals surface area contributed by atoms with Crippen molar-refractivity contribution in [3.8, 4) is 0 Å². The third kappa shape index (κ3) is 6.28. The van der Waals surface area contributed by atoms with Gasteiger partial charge in [0.25, 0.3) is 5.91 Å². The molecule has 0 saturated carbocycles. The van der Waals surface area contributed by atoms with Crippen LogP contribution in [-0.2, 0) is 17.9 Å². The number of halogens is 1. The van der Waals surface area contributed by atoms with Crippen LogP contribution >= 0.6 is 0 Å². The van der Waals surface area contributed by atoms with E-state index in [2.05, 4.69) is 20.9 Å². The summed E-state index contributed by atoms with van der Waals surface area (Å²) in [4.78, 5) is 30.2. The molecule has 2 aromatic carbocycles. The van der Waals surface area contributed by atoms with Crippen LogP contribution in [0.25, 0.3) is 0 Å². The van der Waals surface area contributed by atoms with E-state index in [9.17, 15) is 14.0 Å². The van der Waals surface area contributed by atoms with Crippen LogP contribution in [0.1, 0.15) is 34.0 Å². The summed E-state index contributed by atoms with van der Waals surface area (Å²) in [7, 11) is 0. The van der Waals surface area contributed by atoms with Crippen LogP contribution in [0.2, 0.25) is 0 Å². The number of carbonyl (C=O) groups excluding carboxylic acids is 2. The van der Waals surface area contributed by atoms with E-state index in [1.165, 1.54) is 6.07 Å². The van der Waals surface area contributed by atoms with Crippen LogP contribution in [-0.4, -0.2) is 48.9 Å². The van der Waals surface area contributed by atoms with E-state index in [1.807, 2.05) is 19.1 Å². The van der Waals surface area contributed by atoms with Crippen molar-refractivity contribution in [2.75, 3.05) is 26.2 Å². The number of hydrogen-bond donors (Lipinski definition) is 3. The molecule has 8 heteroatoms. The maximum atomic E-state index is 13.4. The molecule has 1 saturated heterocycles. The van der Waals surface area contributed by atoms with Crippen molar-refractivity contribution in [1.29, 1.82) is 0 Å². The number of guanidine groups is 1. The second kappa shape index (κ2) is 10.6. The number of benzene rings is 2. The largest absolute Gasteiger partial charge is 0.357 e. The van der Waals surface area contributed by atoms with E-state index in [-0.39, 0.29) is 24.2 Å².